The summed E-state index contributed by atoms with van der Waals surface area (Å²) in [5.41, 5.74) is 0.577. The molecule has 178 valence electrons. The number of nitrogens with zero attached hydrogens (tertiary/aromatic N) is 2. The Morgan fingerprint density at radius 1 is 1.06 bits per heavy atom. The summed E-state index contributed by atoms with van der Waals surface area (Å²) in [5, 5.41) is 0. The lowest BCUT2D eigenvalue weighted by Crippen LogP contribution is -2.47. The van der Waals surface area contributed by atoms with Gasteiger partial charge in [-0.05, 0) is 56.4 Å². The molecule has 1 aliphatic heterocycles. The summed E-state index contributed by atoms with van der Waals surface area (Å²) in [5.74, 6) is 1.61. The van der Waals surface area contributed by atoms with Crippen molar-refractivity contribution < 1.29 is 19.1 Å². The van der Waals surface area contributed by atoms with Crippen molar-refractivity contribution in [3.63, 3.8) is 0 Å². The molecular weight excluding hydrogens is 416 g/mol. The molecule has 0 N–H and O–H groups in total. The van der Waals surface area contributed by atoms with Crippen molar-refractivity contribution in [2.24, 2.45) is 5.92 Å². The van der Waals surface area contributed by atoms with Crippen LogP contribution in [0.5, 0.6) is 11.5 Å². The lowest BCUT2D eigenvalue weighted by molar-refractivity contribution is -0.137. The molecular formula is C27H36N2O4. The molecule has 6 nitrogen and oxygen atoms in total. The smallest absolute Gasteiger partial charge is 0.260 e. The maximum Gasteiger partial charge on any atom is 0.260 e. The number of amides is 2. The molecule has 0 unspecified atom stereocenters. The third kappa shape index (κ3) is 6.98. The van der Waals surface area contributed by atoms with E-state index in [1.54, 1.807) is 0 Å². The van der Waals surface area contributed by atoms with E-state index in [4.69, 9.17) is 9.47 Å². The molecule has 0 saturated heterocycles. The Kier molecular flexibility index (Phi) is 9.16. The van der Waals surface area contributed by atoms with Crippen LogP contribution in [0.2, 0.25) is 0 Å². The molecule has 0 saturated carbocycles. The lowest BCUT2D eigenvalue weighted by Gasteiger charge is -2.34. The van der Waals surface area contributed by atoms with Crippen LogP contribution in [0.3, 0.4) is 0 Å². The van der Waals surface area contributed by atoms with Gasteiger partial charge < -0.3 is 19.3 Å². The summed E-state index contributed by atoms with van der Waals surface area (Å²) >= 11 is 0. The zero-order valence-corrected chi connectivity index (χ0v) is 20.0. The van der Waals surface area contributed by atoms with Gasteiger partial charge in [0.05, 0.1) is 11.6 Å². The molecule has 33 heavy (non-hydrogen) atoms. The molecule has 1 atom stereocenters. The molecule has 2 amide bonds. The first kappa shape index (κ1) is 24.6. The number of fused-ring (bicyclic) bond motifs is 1. The highest BCUT2D eigenvalue weighted by Crippen LogP contribution is 2.23. The minimum atomic E-state index is -0.0956. The number of rotatable bonds is 6. The van der Waals surface area contributed by atoms with Crippen molar-refractivity contribution in [3.8, 4) is 11.5 Å². The summed E-state index contributed by atoms with van der Waals surface area (Å²) in [6.45, 7) is 8.53. The van der Waals surface area contributed by atoms with Crippen molar-refractivity contribution in [2.75, 3.05) is 32.8 Å². The molecule has 2 aromatic carbocycles. The number of para-hydroxylation sites is 2. The summed E-state index contributed by atoms with van der Waals surface area (Å²) in [6.07, 6.45) is 2.46. The maximum atomic E-state index is 13.3. The summed E-state index contributed by atoms with van der Waals surface area (Å²) in [4.78, 5) is 30.1. The zero-order valence-electron chi connectivity index (χ0n) is 20.0. The minimum absolute atomic E-state index is 0.00160. The fourth-order valence-corrected chi connectivity index (χ4v) is 4.20. The second-order valence-electron chi connectivity index (χ2n) is 8.87. The van der Waals surface area contributed by atoms with Crippen LogP contribution in [0, 0.1) is 5.92 Å². The van der Waals surface area contributed by atoms with E-state index in [0.717, 1.165) is 19.3 Å². The van der Waals surface area contributed by atoms with Gasteiger partial charge in [0, 0.05) is 19.6 Å². The van der Waals surface area contributed by atoms with Gasteiger partial charge in [-0.3, -0.25) is 9.59 Å². The topological polar surface area (TPSA) is 59.1 Å². The van der Waals surface area contributed by atoms with Crippen LogP contribution in [0.1, 0.15) is 50.4 Å². The van der Waals surface area contributed by atoms with Crippen molar-refractivity contribution in [1.82, 2.24) is 9.80 Å². The van der Waals surface area contributed by atoms with Gasteiger partial charge in [-0.25, -0.2) is 0 Å². The fraction of sp³-hybridized carbons (Fsp3) is 0.481. The third-order valence-corrected chi connectivity index (χ3v) is 5.90. The predicted octanol–water partition coefficient (Wildman–Crippen LogP) is 4.64. The van der Waals surface area contributed by atoms with E-state index in [9.17, 15) is 9.59 Å². The first-order valence-electron chi connectivity index (χ1n) is 12.0. The van der Waals surface area contributed by atoms with Crippen LogP contribution < -0.4 is 9.47 Å². The Morgan fingerprint density at radius 3 is 2.48 bits per heavy atom. The van der Waals surface area contributed by atoms with Gasteiger partial charge >= 0.3 is 0 Å². The van der Waals surface area contributed by atoms with E-state index in [2.05, 4.69) is 13.8 Å². The van der Waals surface area contributed by atoms with Crippen molar-refractivity contribution in [3.05, 3.63) is 60.2 Å². The number of hydrogen-bond acceptors (Lipinski definition) is 4. The van der Waals surface area contributed by atoms with E-state index in [1.165, 1.54) is 0 Å². The van der Waals surface area contributed by atoms with E-state index in [-0.39, 0.29) is 24.5 Å². The molecule has 0 bridgehead atoms. The Hall–Kier alpha value is -3.02. The van der Waals surface area contributed by atoms with Gasteiger partial charge in [-0.2, -0.15) is 0 Å². The fourth-order valence-electron chi connectivity index (χ4n) is 4.20. The molecule has 0 aliphatic carbocycles. The number of hydrogen-bond donors (Lipinski definition) is 0. The molecule has 0 aromatic heterocycles. The van der Waals surface area contributed by atoms with Crippen molar-refractivity contribution >= 4 is 11.8 Å². The SMILES string of the molecule is CCN1CCCCN(C(=O)COc2ccccc2)[C@@H](CC(C)C)COc2ccccc2C1=O. The molecule has 0 fully saturated rings. The van der Waals surface area contributed by atoms with Crippen molar-refractivity contribution in [1.29, 1.82) is 0 Å². The number of carbonyl (C=O) groups is 2. The number of ether oxygens (including phenoxy) is 2. The van der Waals surface area contributed by atoms with Crippen LogP contribution >= 0.6 is 0 Å². The maximum absolute atomic E-state index is 13.3. The Bertz CT molecular complexity index is 900. The second-order valence-corrected chi connectivity index (χ2v) is 8.87. The van der Waals surface area contributed by atoms with Gasteiger partial charge in [0.25, 0.3) is 11.8 Å². The van der Waals surface area contributed by atoms with Gasteiger partial charge in [0.15, 0.2) is 6.61 Å². The quantitative estimate of drug-likeness (QED) is 0.641. The number of carbonyl (C=O) groups excluding carboxylic acids is 2. The zero-order chi connectivity index (χ0) is 23.6. The van der Waals surface area contributed by atoms with E-state index < -0.39 is 0 Å². The van der Waals surface area contributed by atoms with Crippen LogP contribution in [0.4, 0.5) is 0 Å². The molecule has 0 spiro atoms. The Labute approximate surface area is 197 Å². The molecule has 0 radical (unpaired) electrons. The van der Waals surface area contributed by atoms with Gasteiger partial charge in [-0.1, -0.05) is 44.2 Å². The van der Waals surface area contributed by atoms with E-state index in [1.807, 2.05) is 71.3 Å². The molecule has 1 aliphatic rings. The first-order chi connectivity index (χ1) is 16.0. The normalized spacial score (nSPS) is 17.6. The van der Waals surface area contributed by atoms with Gasteiger partial charge in [0.2, 0.25) is 0 Å². The Balaban J connectivity index is 1.82. The highest BCUT2D eigenvalue weighted by molar-refractivity contribution is 5.96. The third-order valence-electron chi connectivity index (χ3n) is 5.90. The Morgan fingerprint density at radius 2 is 1.76 bits per heavy atom. The molecule has 3 rings (SSSR count). The second kappa shape index (κ2) is 12.3. The van der Waals surface area contributed by atoms with Gasteiger partial charge in [0.1, 0.15) is 18.1 Å². The average molecular weight is 453 g/mol. The lowest BCUT2D eigenvalue weighted by atomic mass is 10.0. The monoisotopic (exact) mass is 452 g/mol. The van der Waals surface area contributed by atoms with Crippen LogP contribution in [-0.2, 0) is 4.79 Å². The number of benzene rings is 2. The van der Waals surface area contributed by atoms with Crippen LogP contribution in [-0.4, -0.2) is 60.5 Å². The summed E-state index contributed by atoms with van der Waals surface area (Å²) in [6, 6.07) is 16.7. The van der Waals surface area contributed by atoms with E-state index in [0.29, 0.717) is 49.2 Å². The minimum Gasteiger partial charge on any atom is -0.491 e. The largest absolute Gasteiger partial charge is 0.491 e. The highest BCUT2D eigenvalue weighted by Gasteiger charge is 2.27. The highest BCUT2D eigenvalue weighted by atomic mass is 16.5. The molecule has 1 heterocycles. The standard InChI is InChI=1S/C27H36N2O4/c1-4-28-16-10-11-17-29(26(30)20-32-23-12-6-5-7-13-23)22(18-21(2)3)19-33-25-15-9-8-14-24(25)27(28)31/h5-9,12-15,21-22H,4,10-11,16-20H2,1-3H3/t22-/m0/s1. The summed E-state index contributed by atoms with van der Waals surface area (Å²) in [7, 11) is 0. The molecule has 6 heteroatoms. The van der Waals surface area contributed by atoms with Crippen LogP contribution in [0.25, 0.3) is 0 Å². The summed E-state index contributed by atoms with van der Waals surface area (Å²) < 4.78 is 12.0. The predicted molar refractivity (Wildman–Crippen MR) is 130 cm³/mol. The van der Waals surface area contributed by atoms with E-state index >= 15 is 0 Å². The molecule has 2 aromatic rings. The van der Waals surface area contributed by atoms with Gasteiger partial charge in [-0.15, -0.1) is 0 Å². The van der Waals surface area contributed by atoms with Crippen molar-refractivity contribution in [2.45, 2.75) is 46.1 Å². The first-order valence-corrected chi connectivity index (χ1v) is 12.0. The average Bonchev–Trinajstić information content (AvgIpc) is 2.82. The van der Waals surface area contributed by atoms with Crippen LogP contribution in [0.15, 0.2) is 54.6 Å².